The van der Waals surface area contributed by atoms with E-state index >= 15 is 0 Å². The lowest BCUT2D eigenvalue weighted by Gasteiger charge is -2.18. The molecule has 0 unspecified atom stereocenters. The van der Waals surface area contributed by atoms with E-state index in [-0.39, 0.29) is 0 Å². The van der Waals surface area contributed by atoms with Crippen LogP contribution in [0.3, 0.4) is 0 Å². The van der Waals surface area contributed by atoms with Crippen LogP contribution in [0, 0.1) is 0 Å². The van der Waals surface area contributed by atoms with Crippen molar-refractivity contribution < 1.29 is 12.8 Å². The third-order valence-corrected chi connectivity index (χ3v) is 5.09. The third kappa shape index (κ3) is 3.36. The van der Waals surface area contributed by atoms with Crippen LogP contribution in [-0.2, 0) is 16.6 Å². The summed E-state index contributed by atoms with van der Waals surface area (Å²) in [6.07, 6.45) is 4.39. The van der Waals surface area contributed by atoms with E-state index in [0.717, 1.165) is 31.7 Å². The average Bonchev–Trinajstić information content (AvgIpc) is 3.15. The lowest BCUT2D eigenvalue weighted by atomic mass is 10.4. The summed E-state index contributed by atoms with van der Waals surface area (Å²) in [6.45, 7) is 3.29. The molecule has 1 aliphatic carbocycles. The van der Waals surface area contributed by atoms with Gasteiger partial charge in [0.2, 0.25) is 21.8 Å². The topological polar surface area (TPSA) is 79.5 Å². The van der Waals surface area contributed by atoms with Crippen LogP contribution in [0.4, 0.5) is 0 Å². The van der Waals surface area contributed by atoms with Crippen molar-refractivity contribution in [3.8, 4) is 0 Å². The van der Waals surface area contributed by atoms with Crippen LogP contribution in [0.1, 0.15) is 37.0 Å². The van der Waals surface area contributed by atoms with Crippen LogP contribution >= 0.6 is 0 Å². The van der Waals surface area contributed by atoms with Crippen LogP contribution in [-0.4, -0.2) is 60.3 Å². The Labute approximate surface area is 119 Å². The van der Waals surface area contributed by atoms with Crippen LogP contribution in [0.5, 0.6) is 0 Å². The minimum atomic E-state index is -3.09. The predicted molar refractivity (Wildman–Crippen MR) is 72.6 cm³/mol. The van der Waals surface area contributed by atoms with Gasteiger partial charge in [-0.3, -0.25) is 4.90 Å². The highest BCUT2D eigenvalue weighted by Crippen LogP contribution is 2.39. The molecule has 0 amide bonds. The van der Waals surface area contributed by atoms with Gasteiger partial charge in [-0.1, -0.05) is 0 Å². The molecular weight excluding hydrogens is 280 g/mol. The van der Waals surface area contributed by atoms with Gasteiger partial charge in [-0.05, 0) is 25.8 Å². The minimum Gasteiger partial charge on any atom is -0.424 e. The molecule has 0 bridgehead atoms. The molecule has 112 valence electrons. The Morgan fingerprint density at radius 2 is 2.00 bits per heavy atom. The van der Waals surface area contributed by atoms with Crippen molar-refractivity contribution in [1.29, 1.82) is 0 Å². The average molecular weight is 300 g/mol. The zero-order chi connectivity index (χ0) is 14.2. The standard InChI is InChI=1S/C12H20N4O3S/c1-20(17,18)16-6-2-5-15(7-8-16)9-11-13-14-12(19-11)10-3-4-10/h10H,2-9H2,1H3. The Morgan fingerprint density at radius 3 is 2.70 bits per heavy atom. The summed E-state index contributed by atoms with van der Waals surface area (Å²) in [5.41, 5.74) is 0. The molecule has 1 saturated carbocycles. The maximum atomic E-state index is 11.6. The SMILES string of the molecule is CS(=O)(=O)N1CCCN(Cc2nnc(C3CC3)o2)CC1. The van der Waals surface area contributed by atoms with Crippen LogP contribution in [0.15, 0.2) is 4.42 Å². The van der Waals surface area contributed by atoms with E-state index in [2.05, 4.69) is 15.1 Å². The lowest BCUT2D eigenvalue weighted by molar-refractivity contribution is 0.247. The van der Waals surface area contributed by atoms with Crippen molar-refractivity contribution in [2.75, 3.05) is 32.4 Å². The number of sulfonamides is 1. The van der Waals surface area contributed by atoms with Gasteiger partial charge in [-0.2, -0.15) is 0 Å². The molecule has 8 heteroatoms. The highest BCUT2D eigenvalue weighted by atomic mass is 32.2. The molecule has 1 saturated heterocycles. The van der Waals surface area contributed by atoms with Crippen LogP contribution in [0.2, 0.25) is 0 Å². The zero-order valence-corrected chi connectivity index (χ0v) is 12.5. The van der Waals surface area contributed by atoms with Gasteiger partial charge in [0.25, 0.3) is 0 Å². The van der Waals surface area contributed by atoms with Crippen molar-refractivity contribution in [3.05, 3.63) is 11.8 Å². The number of rotatable bonds is 4. The van der Waals surface area contributed by atoms with E-state index in [1.54, 1.807) is 0 Å². The highest BCUT2D eigenvalue weighted by molar-refractivity contribution is 7.88. The molecule has 0 atom stereocenters. The summed E-state index contributed by atoms with van der Waals surface area (Å²) in [5.74, 6) is 1.87. The first-order valence-electron chi connectivity index (χ1n) is 7.02. The highest BCUT2D eigenvalue weighted by Gasteiger charge is 2.29. The smallest absolute Gasteiger partial charge is 0.230 e. The molecule has 1 aromatic heterocycles. The van der Waals surface area contributed by atoms with Gasteiger partial charge in [-0.25, -0.2) is 12.7 Å². The second-order valence-electron chi connectivity index (χ2n) is 5.60. The first-order valence-corrected chi connectivity index (χ1v) is 8.87. The second kappa shape index (κ2) is 5.42. The van der Waals surface area contributed by atoms with Gasteiger partial charge in [0.1, 0.15) is 0 Å². The van der Waals surface area contributed by atoms with E-state index in [1.165, 1.54) is 10.6 Å². The first-order chi connectivity index (χ1) is 9.52. The van der Waals surface area contributed by atoms with Crippen molar-refractivity contribution in [2.24, 2.45) is 0 Å². The maximum Gasteiger partial charge on any atom is 0.230 e. The summed E-state index contributed by atoms with van der Waals surface area (Å²) in [7, 11) is -3.09. The lowest BCUT2D eigenvalue weighted by Crippen LogP contribution is -2.34. The molecule has 1 aliphatic heterocycles. The molecule has 3 rings (SSSR count). The predicted octanol–water partition coefficient (Wildman–Crippen LogP) is 0.414. The van der Waals surface area contributed by atoms with Gasteiger partial charge in [0.05, 0.1) is 12.8 Å². The molecule has 2 heterocycles. The van der Waals surface area contributed by atoms with Crippen LogP contribution < -0.4 is 0 Å². The quantitative estimate of drug-likeness (QED) is 0.801. The van der Waals surface area contributed by atoms with Gasteiger partial charge in [0, 0.05) is 25.6 Å². The van der Waals surface area contributed by atoms with Gasteiger partial charge < -0.3 is 4.42 Å². The fourth-order valence-corrected chi connectivity index (χ4v) is 3.33. The maximum absolute atomic E-state index is 11.6. The van der Waals surface area contributed by atoms with Crippen molar-refractivity contribution in [2.45, 2.75) is 31.7 Å². The second-order valence-corrected chi connectivity index (χ2v) is 7.58. The van der Waals surface area contributed by atoms with E-state index in [4.69, 9.17) is 4.42 Å². The summed E-state index contributed by atoms with van der Waals surface area (Å²) in [4.78, 5) is 2.18. The molecule has 2 aliphatic rings. The summed E-state index contributed by atoms with van der Waals surface area (Å²) >= 11 is 0. The molecule has 2 fully saturated rings. The fraction of sp³-hybridized carbons (Fsp3) is 0.833. The molecule has 20 heavy (non-hydrogen) atoms. The monoisotopic (exact) mass is 300 g/mol. The first kappa shape index (κ1) is 14.0. The number of hydrogen-bond acceptors (Lipinski definition) is 6. The van der Waals surface area contributed by atoms with Crippen molar-refractivity contribution in [3.63, 3.8) is 0 Å². The van der Waals surface area contributed by atoms with E-state index < -0.39 is 10.0 Å². The molecular formula is C12H20N4O3S. The van der Waals surface area contributed by atoms with Gasteiger partial charge in [-0.15, -0.1) is 10.2 Å². The van der Waals surface area contributed by atoms with E-state index in [0.29, 0.717) is 38.0 Å². The van der Waals surface area contributed by atoms with Crippen molar-refractivity contribution in [1.82, 2.24) is 19.4 Å². The molecule has 0 radical (unpaired) electrons. The summed E-state index contributed by atoms with van der Waals surface area (Å²) in [6, 6.07) is 0. The van der Waals surface area contributed by atoms with E-state index in [9.17, 15) is 8.42 Å². The molecule has 0 spiro atoms. The molecule has 1 aromatic rings. The van der Waals surface area contributed by atoms with E-state index in [1.807, 2.05) is 0 Å². The Kier molecular flexibility index (Phi) is 3.78. The minimum absolute atomic E-state index is 0.473. The van der Waals surface area contributed by atoms with Crippen LogP contribution in [0.25, 0.3) is 0 Å². The summed E-state index contributed by atoms with van der Waals surface area (Å²) < 4.78 is 30.3. The Morgan fingerprint density at radius 1 is 1.20 bits per heavy atom. The Hall–Kier alpha value is -0.990. The number of hydrogen-bond donors (Lipinski definition) is 0. The molecule has 0 aromatic carbocycles. The van der Waals surface area contributed by atoms with Gasteiger partial charge >= 0.3 is 0 Å². The molecule has 0 N–H and O–H groups in total. The van der Waals surface area contributed by atoms with Gasteiger partial charge in [0.15, 0.2) is 0 Å². The normalized spacial score (nSPS) is 22.9. The molecule has 7 nitrogen and oxygen atoms in total. The zero-order valence-electron chi connectivity index (χ0n) is 11.7. The van der Waals surface area contributed by atoms with Crippen molar-refractivity contribution >= 4 is 10.0 Å². The third-order valence-electron chi connectivity index (χ3n) is 3.78. The largest absolute Gasteiger partial charge is 0.424 e. The number of aromatic nitrogens is 2. The Balaban J connectivity index is 1.57. The number of nitrogens with zero attached hydrogens (tertiary/aromatic N) is 4. The fourth-order valence-electron chi connectivity index (χ4n) is 2.45. The Bertz CT molecular complexity index is 567. The summed E-state index contributed by atoms with van der Waals surface area (Å²) in [5, 5.41) is 8.15.